The van der Waals surface area contributed by atoms with E-state index < -0.39 is 11.4 Å². The second-order valence-corrected chi connectivity index (χ2v) is 7.11. The second kappa shape index (κ2) is 10.9. The fourth-order valence-electron chi connectivity index (χ4n) is 2.42. The molecule has 0 bridgehead atoms. The zero-order valence-electron chi connectivity index (χ0n) is 13.7. The summed E-state index contributed by atoms with van der Waals surface area (Å²) in [5.41, 5.74) is -0.783. The van der Waals surface area contributed by atoms with Crippen molar-refractivity contribution in [1.29, 1.82) is 0 Å². The van der Waals surface area contributed by atoms with Gasteiger partial charge in [-0.3, -0.25) is 4.79 Å². The third-order valence-electron chi connectivity index (χ3n) is 4.66. The first-order valence-corrected chi connectivity index (χ1v) is 7.99. The van der Waals surface area contributed by atoms with Crippen molar-refractivity contribution in [3.05, 3.63) is 0 Å². The lowest BCUT2D eigenvalue weighted by molar-refractivity contribution is -0.155. The topological polar surface area (TPSA) is 37.3 Å². The monoisotopic (exact) mass is 296 g/mol. The second-order valence-electron chi connectivity index (χ2n) is 7.11. The molecule has 1 atom stereocenters. The van der Waals surface area contributed by atoms with Gasteiger partial charge in [-0.15, -0.1) is 0 Å². The van der Waals surface area contributed by atoms with Crippen LogP contribution in [0.2, 0.25) is 0 Å². The SMILES string of the molecule is CCCCCCCCCCC(C)(C(=O)O)C(C)(C)C.[MgH2]. The summed E-state index contributed by atoms with van der Waals surface area (Å²) in [6, 6.07) is 0. The minimum Gasteiger partial charge on any atom is -0.481 e. The summed E-state index contributed by atoms with van der Waals surface area (Å²) in [4.78, 5) is 11.5. The first-order chi connectivity index (χ1) is 8.75. The standard InChI is InChI=1S/C17H34O2.Mg.2H/c1-6-7-8-9-10-11-12-13-14-17(5,15(18)19)16(2,3)4;;;/h6-14H2,1-5H3,(H,18,19);;;. The predicted octanol–water partition coefficient (Wildman–Crippen LogP) is 4.74. The molecule has 20 heavy (non-hydrogen) atoms. The number of hydrogen-bond acceptors (Lipinski definition) is 1. The summed E-state index contributed by atoms with van der Waals surface area (Å²) in [5.74, 6) is -0.650. The van der Waals surface area contributed by atoms with Crippen molar-refractivity contribution in [2.75, 3.05) is 0 Å². The minimum atomic E-state index is -0.650. The zero-order chi connectivity index (χ0) is 14.9. The van der Waals surface area contributed by atoms with E-state index in [9.17, 15) is 9.90 Å². The van der Waals surface area contributed by atoms with Crippen LogP contribution in [0.25, 0.3) is 0 Å². The Morgan fingerprint density at radius 2 is 1.25 bits per heavy atom. The summed E-state index contributed by atoms with van der Waals surface area (Å²) in [7, 11) is 0. The van der Waals surface area contributed by atoms with E-state index in [1.54, 1.807) is 0 Å². The Balaban J connectivity index is 0. The van der Waals surface area contributed by atoms with Crippen molar-refractivity contribution in [1.82, 2.24) is 0 Å². The van der Waals surface area contributed by atoms with Crippen molar-refractivity contribution < 1.29 is 9.90 Å². The van der Waals surface area contributed by atoms with Gasteiger partial charge < -0.3 is 5.11 Å². The molecule has 0 aromatic heterocycles. The Morgan fingerprint density at radius 1 is 0.850 bits per heavy atom. The predicted molar refractivity (Wildman–Crippen MR) is 91.0 cm³/mol. The molecule has 2 nitrogen and oxygen atoms in total. The summed E-state index contributed by atoms with van der Waals surface area (Å²) in [6.45, 7) is 10.2. The molecule has 0 saturated heterocycles. The summed E-state index contributed by atoms with van der Waals surface area (Å²) >= 11 is 0. The van der Waals surface area contributed by atoms with Crippen molar-refractivity contribution in [2.45, 2.75) is 92.4 Å². The van der Waals surface area contributed by atoms with Gasteiger partial charge >= 0.3 is 29.0 Å². The third-order valence-corrected chi connectivity index (χ3v) is 4.66. The van der Waals surface area contributed by atoms with E-state index in [0.29, 0.717) is 0 Å². The van der Waals surface area contributed by atoms with Gasteiger partial charge in [-0.2, -0.15) is 0 Å². The number of rotatable bonds is 10. The largest absolute Gasteiger partial charge is 0.481 e. The molecule has 0 aromatic rings. The van der Waals surface area contributed by atoms with Crippen LogP contribution in [0.15, 0.2) is 0 Å². The van der Waals surface area contributed by atoms with Crippen LogP contribution in [0.1, 0.15) is 92.4 Å². The molecular weight excluding hydrogens is 260 g/mol. The Morgan fingerprint density at radius 3 is 1.60 bits per heavy atom. The quantitative estimate of drug-likeness (QED) is 0.467. The highest BCUT2D eigenvalue weighted by atomic mass is 24.3. The van der Waals surface area contributed by atoms with E-state index >= 15 is 0 Å². The number of unbranched alkanes of at least 4 members (excludes halogenated alkanes) is 7. The van der Waals surface area contributed by atoms with Crippen LogP contribution in [0, 0.1) is 10.8 Å². The minimum absolute atomic E-state index is 0. The van der Waals surface area contributed by atoms with E-state index in [2.05, 4.69) is 6.92 Å². The van der Waals surface area contributed by atoms with Gasteiger partial charge in [0.25, 0.3) is 0 Å². The van der Waals surface area contributed by atoms with Gasteiger partial charge in [0.05, 0.1) is 5.41 Å². The Hall–Kier alpha value is 0.236. The molecule has 3 heteroatoms. The van der Waals surface area contributed by atoms with Crippen LogP contribution in [-0.2, 0) is 4.79 Å². The highest BCUT2D eigenvalue weighted by Gasteiger charge is 2.43. The normalized spacial score (nSPS) is 14.4. The fourth-order valence-corrected chi connectivity index (χ4v) is 2.42. The summed E-state index contributed by atoms with van der Waals surface area (Å²) < 4.78 is 0. The van der Waals surface area contributed by atoms with Gasteiger partial charge in [0.2, 0.25) is 0 Å². The molecule has 0 aliphatic rings. The molecule has 0 spiro atoms. The molecule has 0 fully saturated rings. The molecule has 118 valence electrons. The highest BCUT2D eigenvalue weighted by molar-refractivity contribution is 5.75. The van der Waals surface area contributed by atoms with Crippen molar-refractivity contribution in [2.24, 2.45) is 10.8 Å². The van der Waals surface area contributed by atoms with Crippen LogP contribution in [-0.4, -0.2) is 34.1 Å². The Bertz CT molecular complexity index is 258. The van der Waals surface area contributed by atoms with Gasteiger partial charge in [-0.05, 0) is 18.8 Å². The maximum Gasteiger partial charge on any atom is 0.316 e. The van der Waals surface area contributed by atoms with Crippen LogP contribution in [0.5, 0.6) is 0 Å². The van der Waals surface area contributed by atoms with Crippen LogP contribution in [0.4, 0.5) is 0 Å². The van der Waals surface area contributed by atoms with E-state index in [0.717, 1.165) is 12.8 Å². The van der Waals surface area contributed by atoms with Crippen molar-refractivity contribution in [3.63, 3.8) is 0 Å². The molecule has 0 aliphatic carbocycles. The van der Waals surface area contributed by atoms with Crippen molar-refractivity contribution >= 4 is 29.0 Å². The molecule has 0 radical (unpaired) electrons. The highest BCUT2D eigenvalue weighted by Crippen LogP contribution is 2.42. The number of carbonyl (C=O) groups is 1. The lowest BCUT2D eigenvalue weighted by Gasteiger charge is -2.38. The molecule has 0 heterocycles. The lowest BCUT2D eigenvalue weighted by Crippen LogP contribution is -2.40. The van der Waals surface area contributed by atoms with Gasteiger partial charge in [0.1, 0.15) is 0 Å². The smallest absolute Gasteiger partial charge is 0.316 e. The number of carboxylic acids is 1. The fraction of sp³-hybridized carbons (Fsp3) is 0.941. The zero-order valence-corrected chi connectivity index (χ0v) is 13.7. The first kappa shape index (κ1) is 22.5. The van der Waals surface area contributed by atoms with Gasteiger partial charge in [-0.1, -0.05) is 79.1 Å². The van der Waals surface area contributed by atoms with Crippen LogP contribution >= 0.6 is 0 Å². The van der Waals surface area contributed by atoms with Crippen molar-refractivity contribution in [3.8, 4) is 0 Å². The molecule has 1 N–H and O–H groups in total. The van der Waals surface area contributed by atoms with E-state index in [1.165, 1.54) is 44.9 Å². The molecule has 0 saturated carbocycles. The maximum atomic E-state index is 11.5. The maximum absolute atomic E-state index is 11.5. The van der Waals surface area contributed by atoms with Crippen LogP contribution in [0.3, 0.4) is 0 Å². The molecular formula is C17H36MgO2. The van der Waals surface area contributed by atoms with E-state index in [1.807, 2.05) is 27.7 Å². The number of carboxylic acid groups (broad SMARTS) is 1. The average Bonchev–Trinajstić information content (AvgIpc) is 2.30. The summed E-state index contributed by atoms with van der Waals surface area (Å²) in [6.07, 6.45) is 10.9. The van der Waals surface area contributed by atoms with E-state index in [-0.39, 0.29) is 28.5 Å². The molecule has 1 unspecified atom stereocenters. The van der Waals surface area contributed by atoms with E-state index in [4.69, 9.17) is 0 Å². The molecule has 0 aromatic carbocycles. The number of hydrogen-bond donors (Lipinski definition) is 1. The average molecular weight is 297 g/mol. The molecule has 0 aliphatic heterocycles. The lowest BCUT2D eigenvalue weighted by atomic mass is 9.65. The Labute approximate surface area is 142 Å². The summed E-state index contributed by atoms with van der Waals surface area (Å²) in [5, 5.41) is 9.47. The first-order valence-electron chi connectivity index (χ1n) is 7.99. The number of aliphatic carboxylic acids is 1. The van der Waals surface area contributed by atoms with Gasteiger partial charge in [0, 0.05) is 0 Å². The molecule has 0 amide bonds. The third kappa shape index (κ3) is 7.87. The van der Waals surface area contributed by atoms with Crippen LogP contribution < -0.4 is 0 Å². The molecule has 0 rings (SSSR count). The Kier molecular flexibility index (Phi) is 12.3. The van der Waals surface area contributed by atoms with Gasteiger partial charge in [0.15, 0.2) is 0 Å². The van der Waals surface area contributed by atoms with Gasteiger partial charge in [-0.25, -0.2) is 0 Å².